The second-order valence-corrected chi connectivity index (χ2v) is 3.86. The summed E-state index contributed by atoms with van der Waals surface area (Å²) in [6.45, 7) is 2.61. The average Bonchev–Trinajstić information content (AvgIpc) is 2.42. The maximum Gasteiger partial charge on any atom is 0.251 e. The van der Waals surface area contributed by atoms with Crippen LogP contribution in [-0.4, -0.2) is 32.0 Å². The van der Waals surface area contributed by atoms with Gasteiger partial charge in [0.2, 0.25) is 5.91 Å². The van der Waals surface area contributed by atoms with Crippen LogP contribution in [0, 0.1) is 0 Å². The molecule has 0 radical (unpaired) electrons. The fourth-order valence-corrected chi connectivity index (χ4v) is 1.38. The number of hydrogen-bond donors (Lipinski definition) is 3. The van der Waals surface area contributed by atoms with Crippen molar-refractivity contribution in [3.63, 3.8) is 0 Å². The van der Waals surface area contributed by atoms with Crippen LogP contribution in [0.2, 0.25) is 0 Å². The minimum absolute atomic E-state index is 0.00656. The lowest BCUT2D eigenvalue weighted by Crippen LogP contribution is -2.37. The van der Waals surface area contributed by atoms with E-state index >= 15 is 0 Å². The summed E-state index contributed by atoms with van der Waals surface area (Å²) < 4.78 is 0. The molecule has 5 heteroatoms. The lowest BCUT2D eigenvalue weighted by molar-refractivity contribution is -0.120. The molecule has 5 nitrogen and oxygen atoms in total. The van der Waals surface area contributed by atoms with Gasteiger partial charge in [-0.1, -0.05) is 6.92 Å². The smallest absolute Gasteiger partial charge is 0.251 e. The largest absolute Gasteiger partial charge is 0.388 e. The van der Waals surface area contributed by atoms with E-state index in [0.29, 0.717) is 12.1 Å². The summed E-state index contributed by atoms with van der Waals surface area (Å²) in [6.07, 6.45) is 0.880. The second-order valence-electron chi connectivity index (χ2n) is 3.86. The van der Waals surface area contributed by atoms with Crippen molar-refractivity contribution in [2.45, 2.75) is 13.3 Å². The maximum atomic E-state index is 11.7. The minimum atomic E-state index is -0.246. The zero-order valence-corrected chi connectivity index (χ0v) is 10.7. The average molecular weight is 249 g/mol. The van der Waals surface area contributed by atoms with Crippen molar-refractivity contribution >= 4 is 17.5 Å². The SMILES string of the molecule is CCCNC(=O)CNC(=O)c1ccc(NC)cc1. The number of rotatable bonds is 6. The molecule has 0 aliphatic carbocycles. The third-order valence-electron chi connectivity index (χ3n) is 2.42. The van der Waals surface area contributed by atoms with Crippen LogP contribution >= 0.6 is 0 Å². The Morgan fingerprint density at radius 2 is 1.78 bits per heavy atom. The van der Waals surface area contributed by atoms with Crippen LogP contribution in [0.25, 0.3) is 0 Å². The van der Waals surface area contributed by atoms with Crippen LogP contribution in [0.1, 0.15) is 23.7 Å². The standard InChI is InChI=1S/C13H19N3O2/c1-3-8-15-12(17)9-16-13(18)10-4-6-11(14-2)7-5-10/h4-7,14H,3,8-9H2,1-2H3,(H,15,17)(H,16,18). The Labute approximate surface area is 107 Å². The van der Waals surface area contributed by atoms with Crippen molar-refractivity contribution in [1.82, 2.24) is 10.6 Å². The summed E-state index contributed by atoms with van der Waals surface area (Å²) in [6, 6.07) is 7.05. The molecule has 0 atom stereocenters. The summed E-state index contributed by atoms with van der Waals surface area (Å²) in [5.74, 6) is -0.415. The first-order valence-corrected chi connectivity index (χ1v) is 6.00. The fourth-order valence-electron chi connectivity index (χ4n) is 1.38. The number of anilines is 1. The van der Waals surface area contributed by atoms with Crippen LogP contribution < -0.4 is 16.0 Å². The molecule has 18 heavy (non-hydrogen) atoms. The van der Waals surface area contributed by atoms with Gasteiger partial charge < -0.3 is 16.0 Å². The molecule has 2 amide bonds. The highest BCUT2D eigenvalue weighted by molar-refractivity contribution is 5.96. The first-order chi connectivity index (χ1) is 8.67. The van der Waals surface area contributed by atoms with E-state index < -0.39 is 0 Å². The number of hydrogen-bond acceptors (Lipinski definition) is 3. The molecule has 0 saturated heterocycles. The predicted octanol–water partition coefficient (Wildman–Crippen LogP) is 0.984. The number of carbonyl (C=O) groups excluding carboxylic acids is 2. The molecule has 0 saturated carbocycles. The molecule has 0 unspecified atom stereocenters. The van der Waals surface area contributed by atoms with E-state index in [4.69, 9.17) is 0 Å². The van der Waals surface area contributed by atoms with Gasteiger partial charge >= 0.3 is 0 Å². The molecular formula is C13H19N3O2. The lowest BCUT2D eigenvalue weighted by atomic mass is 10.2. The van der Waals surface area contributed by atoms with E-state index in [-0.39, 0.29) is 18.4 Å². The van der Waals surface area contributed by atoms with Crippen molar-refractivity contribution in [1.29, 1.82) is 0 Å². The Hall–Kier alpha value is -2.04. The summed E-state index contributed by atoms with van der Waals surface area (Å²) in [4.78, 5) is 23.0. The molecule has 1 rings (SSSR count). The van der Waals surface area contributed by atoms with Crippen LogP contribution in [0.5, 0.6) is 0 Å². The molecule has 0 fully saturated rings. The van der Waals surface area contributed by atoms with E-state index in [1.165, 1.54) is 0 Å². The van der Waals surface area contributed by atoms with Gasteiger partial charge in [0.25, 0.3) is 5.91 Å². The van der Waals surface area contributed by atoms with Crippen molar-refractivity contribution < 1.29 is 9.59 Å². The van der Waals surface area contributed by atoms with Gasteiger partial charge in [-0.15, -0.1) is 0 Å². The van der Waals surface area contributed by atoms with Crippen molar-refractivity contribution in [3.05, 3.63) is 29.8 Å². The number of carbonyl (C=O) groups is 2. The molecule has 0 spiro atoms. The molecular weight excluding hydrogens is 230 g/mol. The first-order valence-electron chi connectivity index (χ1n) is 6.00. The van der Waals surface area contributed by atoms with E-state index in [0.717, 1.165) is 12.1 Å². The van der Waals surface area contributed by atoms with Crippen LogP contribution in [0.3, 0.4) is 0 Å². The highest BCUT2D eigenvalue weighted by Gasteiger charge is 2.07. The van der Waals surface area contributed by atoms with Crippen molar-refractivity contribution in [2.75, 3.05) is 25.5 Å². The zero-order chi connectivity index (χ0) is 13.4. The van der Waals surface area contributed by atoms with E-state index in [1.807, 2.05) is 26.1 Å². The summed E-state index contributed by atoms with van der Waals surface area (Å²) >= 11 is 0. The molecule has 0 aliphatic heterocycles. The monoisotopic (exact) mass is 249 g/mol. The van der Waals surface area contributed by atoms with Gasteiger partial charge in [0, 0.05) is 24.8 Å². The van der Waals surface area contributed by atoms with Crippen LogP contribution in [0.15, 0.2) is 24.3 Å². The Morgan fingerprint density at radius 1 is 1.11 bits per heavy atom. The zero-order valence-electron chi connectivity index (χ0n) is 10.7. The topological polar surface area (TPSA) is 70.2 Å². The van der Waals surface area contributed by atoms with Crippen LogP contribution in [-0.2, 0) is 4.79 Å². The Balaban J connectivity index is 2.42. The molecule has 0 aromatic heterocycles. The Morgan fingerprint density at radius 3 is 2.33 bits per heavy atom. The number of benzene rings is 1. The Kier molecular flexibility index (Phi) is 5.70. The minimum Gasteiger partial charge on any atom is -0.388 e. The molecule has 0 bridgehead atoms. The van der Waals surface area contributed by atoms with Crippen molar-refractivity contribution in [3.8, 4) is 0 Å². The molecule has 0 heterocycles. The molecule has 3 N–H and O–H groups in total. The summed E-state index contributed by atoms with van der Waals surface area (Å²) in [5.41, 5.74) is 1.48. The number of nitrogens with one attached hydrogen (secondary N) is 3. The van der Waals surface area contributed by atoms with Gasteiger partial charge in [0.05, 0.1) is 6.54 Å². The third kappa shape index (κ3) is 4.45. The lowest BCUT2D eigenvalue weighted by Gasteiger charge is -2.06. The molecule has 0 aliphatic rings. The number of amides is 2. The van der Waals surface area contributed by atoms with Gasteiger partial charge in [-0.2, -0.15) is 0 Å². The quantitative estimate of drug-likeness (QED) is 0.704. The third-order valence-corrected chi connectivity index (χ3v) is 2.42. The van der Waals surface area contributed by atoms with Gasteiger partial charge in [-0.05, 0) is 30.7 Å². The Bertz CT molecular complexity index is 401. The fraction of sp³-hybridized carbons (Fsp3) is 0.385. The highest BCUT2D eigenvalue weighted by Crippen LogP contribution is 2.08. The van der Waals surface area contributed by atoms with E-state index in [1.54, 1.807) is 12.1 Å². The molecule has 1 aromatic carbocycles. The molecule has 98 valence electrons. The van der Waals surface area contributed by atoms with E-state index in [9.17, 15) is 9.59 Å². The predicted molar refractivity (Wildman–Crippen MR) is 71.6 cm³/mol. The highest BCUT2D eigenvalue weighted by atomic mass is 16.2. The van der Waals surface area contributed by atoms with Gasteiger partial charge in [0.1, 0.15) is 0 Å². The summed E-state index contributed by atoms with van der Waals surface area (Å²) in [7, 11) is 1.81. The second kappa shape index (κ2) is 7.32. The first kappa shape index (κ1) is 14.0. The van der Waals surface area contributed by atoms with Crippen molar-refractivity contribution in [2.24, 2.45) is 0 Å². The van der Waals surface area contributed by atoms with Gasteiger partial charge in [0.15, 0.2) is 0 Å². The van der Waals surface area contributed by atoms with Gasteiger partial charge in [-0.25, -0.2) is 0 Å². The maximum absolute atomic E-state index is 11.7. The van der Waals surface area contributed by atoms with Gasteiger partial charge in [-0.3, -0.25) is 9.59 Å². The van der Waals surface area contributed by atoms with Crippen LogP contribution in [0.4, 0.5) is 5.69 Å². The summed E-state index contributed by atoms with van der Waals surface area (Å²) in [5, 5.41) is 8.24. The normalized spacial score (nSPS) is 9.67. The van der Waals surface area contributed by atoms with E-state index in [2.05, 4.69) is 16.0 Å². The molecule has 1 aromatic rings.